The molecule has 2 N–H and O–H groups in total. The molecule has 2 rings (SSSR count). The monoisotopic (exact) mass is 848 g/mol. The fraction of sp³-hybridized carbons (Fsp3) is 0.263. The van der Waals surface area contributed by atoms with Crippen LogP contribution < -0.4 is 0 Å². The molecule has 0 saturated carbocycles. The number of halogens is 4. The van der Waals surface area contributed by atoms with Crippen LogP contribution in [0.25, 0.3) is 0 Å². The lowest BCUT2D eigenvalue weighted by Crippen LogP contribution is -2.13. The summed E-state index contributed by atoms with van der Waals surface area (Å²) < 4.78 is 12.8. The summed E-state index contributed by atoms with van der Waals surface area (Å²) in [6.45, 7) is -0.410. The zero-order chi connectivity index (χ0) is 21.6. The van der Waals surface area contributed by atoms with E-state index in [-0.39, 0.29) is 24.3 Å². The predicted octanol–water partition coefficient (Wildman–Crippen LogP) is 5.13. The average Bonchev–Trinajstić information content (AvgIpc) is 2.66. The van der Waals surface area contributed by atoms with E-state index in [1.165, 1.54) is 0 Å². The summed E-state index contributed by atoms with van der Waals surface area (Å²) in [5, 5.41) is 19.5. The van der Waals surface area contributed by atoms with Gasteiger partial charge in [-0.05, 0) is 139 Å². The Bertz CT molecular complexity index is 796. The van der Waals surface area contributed by atoms with Crippen LogP contribution in [0.2, 0.25) is 0 Å². The van der Waals surface area contributed by atoms with Crippen molar-refractivity contribution in [1.82, 2.24) is 0 Å². The summed E-state index contributed by atoms with van der Waals surface area (Å²) in [6, 6.07) is 7.27. The van der Waals surface area contributed by atoms with E-state index in [1.54, 1.807) is 0 Å². The van der Waals surface area contributed by atoms with Gasteiger partial charge < -0.3 is 19.7 Å². The number of phenols is 2. The second-order valence-electron chi connectivity index (χ2n) is 5.97. The van der Waals surface area contributed by atoms with E-state index >= 15 is 0 Å². The molecule has 0 bridgehead atoms. The second kappa shape index (κ2) is 12.1. The minimum Gasteiger partial charge on any atom is -0.506 e. The third kappa shape index (κ3) is 8.16. The molecule has 0 unspecified atom stereocenters. The summed E-state index contributed by atoms with van der Waals surface area (Å²) in [6.07, 6.45) is 1.24. The van der Waals surface area contributed by atoms with Gasteiger partial charge in [0, 0.05) is 12.8 Å². The molecule has 0 spiro atoms. The molecule has 0 aliphatic rings. The molecular formula is C19H16I4O6. The fourth-order valence-electron chi connectivity index (χ4n) is 2.32. The molecule has 2 aromatic carbocycles. The predicted molar refractivity (Wildman–Crippen MR) is 141 cm³/mol. The molecule has 0 fully saturated rings. The lowest BCUT2D eigenvalue weighted by molar-refractivity contribution is -0.167. The van der Waals surface area contributed by atoms with Gasteiger partial charge in [0.2, 0.25) is 6.79 Å². The SMILES string of the molecule is O=C(CCc1cc(I)c(O)c(I)c1)OCOC(=O)CCc1cc(I)c(O)c(I)c1. The van der Waals surface area contributed by atoms with Crippen molar-refractivity contribution in [3.8, 4) is 11.5 Å². The molecular weight excluding hydrogens is 832 g/mol. The lowest BCUT2D eigenvalue weighted by atomic mass is 10.1. The van der Waals surface area contributed by atoms with Crippen molar-refractivity contribution in [3.63, 3.8) is 0 Å². The minimum absolute atomic E-state index is 0.152. The van der Waals surface area contributed by atoms with Crippen molar-refractivity contribution in [2.75, 3.05) is 6.79 Å². The number of esters is 2. The molecule has 0 amide bonds. The van der Waals surface area contributed by atoms with Gasteiger partial charge in [0.05, 0.1) is 14.3 Å². The van der Waals surface area contributed by atoms with E-state index in [1.807, 2.05) is 115 Å². The van der Waals surface area contributed by atoms with Crippen molar-refractivity contribution in [2.45, 2.75) is 25.7 Å². The van der Waals surface area contributed by atoms with Gasteiger partial charge in [-0.15, -0.1) is 0 Å². The highest BCUT2D eigenvalue weighted by Crippen LogP contribution is 2.28. The van der Waals surface area contributed by atoms with Gasteiger partial charge in [0.1, 0.15) is 11.5 Å². The Morgan fingerprint density at radius 2 is 1.00 bits per heavy atom. The first kappa shape index (κ1) is 25.2. The zero-order valence-corrected chi connectivity index (χ0v) is 23.5. The number of ether oxygens (including phenoxy) is 2. The minimum atomic E-state index is -0.460. The van der Waals surface area contributed by atoms with Gasteiger partial charge in [-0.25, -0.2) is 0 Å². The Balaban J connectivity index is 1.70. The summed E-state index contributed by atoms with van der Waals surface area (Å²) in [5.74, 6) is -0.445. The zero-order valence-electron chi connectivity index (χ0n) is 14.9. The topological polar surface area (TPSA) is 93.1 Å². The van der Waals surface area contributed by atoms with E-state index in [4.69, 9.17) is 9.47 Å². The number of rotatable bonds is 8. The van der Waals surface area contributed by atoms with Crippen molar-refractivity contribution in [3.05, 3.63) is 49.7 Å². The Kier molecular flexibility index (Phi) is 10.5. The quantitative estimate of drug-likeness (QED) is 0.218. The number of aryl methyl sites for hydroxylation is 2. The summed E-state index contributed by atoms with van der Waals surface area (Å²) in [5.41, 5.74) is 1.84. The Labute approximate surface area is 222 Å². The van der Waals surface area contributed by atoms with Crippen LogP contribution in [-0.2, 0) is 31.9 Å². The van der Waals surface area contributed by atoms with Crippen molar-refractivity contribution in [2.24, 2.45) is 0 Å². The molecule has 0 saturated heterocycles. The largest absolute Gasteiger partial charge is 0.506 e. The Morgan fingerprint density at radius 3 is 1.31 bits per heavy atom. The maximum atomic E-state index is 11.8. The third-order valence-electron chi connectivity index (χ3n) is 3.83. The highest BCUT2D eigenvalue weighted by atomic mass is 127. The number of hydrogen-bond acceptors (Lipinski definition) is 6. The summed E-state index contributed by atoms with van der Waals surface area (Å²) in [4.78, 5) is 23.7. The molecule has 29 heavy (non-hydrogen) atoms. The highest BCUT2D eigenvalue weighted by molar-refractivity contribution is 14.1. The smallest absolute Gasteiger partial charge is 0.308 e. The van der Waals surface area contributed by atoms with Gasteiger partial charge in [-0.2, -0.15) is 0 Å². The first-order valence-electron chi connectivity index (χ1n) is 8.32. The van der Waals surface area contributed by atoms with Crippen LogP contribution in [0.4, 0.5) is 0 Å². The van der Waals surface area contributed by atoms with E-state index < -0.39 is 18.7 Å². The molecule has 156 valence electrons. The third-order valence-corrected chi connectivity index (χ3v) is 7.12. The van der Waals surface area contributed by atoms with Crippen molar-refractivity contribution in [1.29, 1.82) is 0 Å². The molecule has 0 aromatic heterocycles. The summed E-state index contributed by atoms with van der Waals surface area (Å²) >= 11 is 8.15. The fourth-order valence-corrected chi connectivity index (χ4v) is 6.12. The number of carbonyl (C=O) groups excluding carboxylic acids is 2. The van der Waals surface area contributed by atoms with Gasteiger partial charge in [0.15, 0.2) is 0 Å². The van der Waals surface area contributed by atoms with Crippen molar-refractivity contribution >= 4 is 102 Å². The number of hydrogen-bond donors (Lipinski definition) is 2. The number of carbonyl (C=O) groups is 2. The van der Waals surface area contributed by atoms with Crippen LogP contribution in [0.1, 0.15) is 24.0 Å². The molecule has 0 atom stereocenters. The van der Waals surface area contributed by atoms with E-state index in [9.17, 15) is 19.8 Å². The van der Waals surface area contributed by atoms with Crippen LogP contribution in [-0.4, -0.2) is 28.9 Å². The molecule has 2 aromatic rings. The highest BCUT2D eigenvalue weighted by Gasteiger charge is 2.11. The molecule has 0 radical (unpaired) electrons. The lowest BCUT2D eigenvalue weighted by Gasteiger charge is -2.08. The van der Waals surface area contributed by atoms with Crippen molar-refractivity contribution < 1.29 is 29.3 Å². The van der Waals surface area contributed by atoms with E-state index in [0.717, 1.165) is 25.4 Å². The maximum absolute atomic E-state index is 11.8. The maximum Gasteiger partial charge on any atom is 0.308 e. The molecule has 0 aliphatic heterocycles. The number of phenolic OH excluding ortho intramolecular Hbond substituents is 2. The Hall–Kier alpha value is -0.100. The van der Waals surface area contributed by atoms with E-state index in [2.05, 4.69) is 0 Å². The normalized spacial score (nSPS) is 10.6. The molecule has 10 heteroatoms. The van der Waals surface area contributed by atoms with Crippen LogP contribution in [0.3, 0.4) is 0 Å². The standard InChI is InChI=1S/C19H16I4O6/c20-12-5-10(6-13(21)18(12)26)1-3-16(24)28-9-29-17(25)4-2-11-7-14(22)19(27)15(23)8-11/h5-8,26-27H,1-4,9H2. The molecule has 6 nitrogen and oxygen atoms in total. The first-order valence-corrected chi connectivity index (χ1v) is 12.6. The average molecular weight is 848 g/mol. The van der Waals surface area contributed by atoms with Gasteiger partial charge >= 0.3 is 11.9 Å². The van der Waals surface area contributed by atoms with Crippen LogP contribution in [0, 0.1) is 14.3 Å². The molecule has 0 aliphatic carbocycles. The van der Waals surface area contributed by atoms with Crippen LogP contribution in [0.15, 0.2) is 24.3 Å². The number of aromatic hydroxyl groups is 2. The van der Waals surface area contributed by atoms with Crippen LogP contribution in [0.5, 0.6) is 11.5 Å². The van der Waals surface area contributed by atoms with Gasteiger partial charge in [-0.1, -0.05) is 0 Å². The first-order chi connectivity index (χ1) is 13.7. The van der Waals surface area contributed by atoms with Gasteiger partial charge in [-0.3, -0.25) is 9.59 Å². The second-order valence-corrected chi connectivity index (χ2v) is 10.6. The van der Waals surface area contributed by atoms with Gasteiger partial charge in [0.25, 0.3) is 0 Å². The van der Waals surface area contributed by atoms with Crippen LogP contribution >= 0.6 is 90.4 Å². The number of benzene rings is 2. The Morgan fingerprint density at radius 1 is 0.690 bits per heavy atom. The van der Waals surface area contributed by atoms with E-state index in [0.29, 0.717) is 12.8 Å². The molecule has 0 heterocycles. The summed E-state index contributed by atoms with van der Waals surface area (Å²) in [7, 11) is 0.